The molecule has 0 radical (unpaired) electrons. The summed E-state index contributed by atoms with van der Waals surface area (Å²) in [6, 6.07) is 12.1. The summed E-state index contributed by atoms with van der Waals surface area (Å²) < 4.78 is 5.93. The fourth-order valence-electron chi connectivity index (χ4n) is 3.79. The van der Waals surface area contributed by atoms with Crippen molar-refractivity contribution < 1.29 is 14.6 Å². The number of alkyl halides is 1. The molecule has 0 amide bonds. The van der Waals surface area contributed by atoms with Crippen molar-refractivity contribution in [3.8, 4) is 0 Å². The lowest BCUT2D eigenvalue weighted by molar-refractivity contribution is 0.111. The first kappa shape index (κ1) is 22.3. The van der Waals surface area contributed by atoms with Gasteiger partial charge in [0.05, 0.1) is 35.6 Å². The Hall–Kier alpha value is -1.40. The highest BCUT2D eigenvalue weighted by molar-refractivity contribution is 7.13. The molecular weight excluding hydrogens is 406 g/mol. The molecule has 0 saturated carbocycles. The molecule has 2 heterocycles. The number of carbonyl (C=O) groups excluding carboxylic acids is 1. The first-order chi connectivity index (χ1) is 14.1. The monoisotopic (exact) mass is 435 g/mol. The third-order valence-electron chi connectivity index (χ3n) is 5.49. The number of aliphatic hydroxyl groups excluding tert-OH is 1. The second-order valence-corrected chi connectivity index (χ2v) is 9.37. The second kappa shape index (κ2) is 11.1. The van der Waals surface area contributed by atoms with Crippen LogP contribution >= 0.6 is 22.9 Å². The van der Waals surface area contributed by atoms with Crippen LogP contribution in [0.2, 0.25) is 0 Å². The molecule has 2 aromatic rings. The highest BCUT2D eigenvalue weighted by Crippen LogP contribution is 2.31. The molecule has 4 nitrogen and oxygen atoms in total. The van der Waals surface area contributed by atoms with E-state index >= 15 is 0 Å². The predicted molar refractivity (Wildman–Crippen MR) is 120 cm³/mol. The van der Waals surface area contributed by atoms with Crippen LogP contribution < -0.4 is 4.90 Å². The smallest absolute Gasteiger partial charge is 0.160 e. The molecule has 3 atom stereocenters. The van der Waals surface area contributed by atoms with Gasteiger partial charge in [-0.15, -0.1) is 22.9 Å². The number of rotatable bonds is 11. The van der Waals surface area contributed by atoms with Gasteiger partial charge in [0.25, 0.3) is 0 Å². The Balaban J connectivity index is 1.56. The van der Waals surface area contributed by atoms with Crippen LogP contribution in [0.4, 0.5) is 5.69 Å². The van der Waals surface area contributed by atoms with Gasteiger partial charge in [-0.05, 0) is 42.7 Å². The maximum Gasteiger partial charge on any atom is 0.160 e. The van der Waals surface area contributed by atoms with Crippen molar-refractivity contribution in [3.63, 3.8) is 0 Å². The Morgan fingerprint density at radius 1 is 1.28 bits per heavy atom. The highest BCUT2D eigenvalue weighted by atomic mass is 35.5. The number of carbonyl (C=O) groups is 1. The first-order valence-electron chi connectivity index (χ1n) is 10.4. The molecule has 0 bridgehead atoms. The topological polar surface area (TPSA) is 49.8 Å². The first-order valence-corrected chi connectivity index (χ1v) is 11.7. The summed E-state index contributed by atoms with van der Waals surface area (Å²) in [7, 11) is 0. The van der Waals surface area contributed by atoms with Crippen molar-refractivity contribution in [1.29, 1.82) is 0 Å². The van der Waals surface area contributed by atoms with Gasteiger partial charge < -0.3 is 14.7 Å². The zero-order valence-corrected chi connectivity index (χ0v) is 18.5. The quantitative estimate of drug-likeness (QED) is 0.284. The Kier molecular flexibility index (Phi) is 8.54. The lowest BCUT2D eigenvalue weighted by Gasteiger charge is -2.28. The van der Waals surface area contributed by atoms with Gasteiger partial charge in [0.2, 0.25) is 0 Å². The van der Waals surface area contributed by atoms with E-state index in [1.54, 1.807) is 0 Å². The summed E-state index contributed by atoms with van der Waals surface area (Å²) in [4.78, 5) is 14.9. The van der Waals surface area contributed by atoms with Crippen LogP contribution in [-0.2, 0) is 11.3 Å². The predicted octanol–water partition coefficient (Wildman–Crippen LogP) is 5.58. The van der Waals surface area contributed by atoms with Crippen molar-refractivity contribution in [3.05, 3.63) is 51.7 Å². The van der Waals surface area contributed by atoms with Crippen LogP contribution in [0, 0.1) is 0 Å². The standard InChI is InChI=1S/C23H30ClNO3S/c1-2-3-4-5-23(27)17-6-8-18(9-7-17)25-13-12-21(24)22(25)16-28-15-20-11-10-19(14-26)29-20/h6-11,14,21-23,27H,2-5,12-13,15-16H2,1H3/t21?,22-,23?/m0/s1. The molecule has 2 unspecified atom stereocenters. The number of aliphatic hydroxyl groups is 1. The fourth-order valence-corrected chi connectivity index (χ4v) is 4.86. The summed E-state index contributed by atoms with van der Waals surface area (Å²) in [6.45, 7) is 4.11. The van der Waals surface area contributed by atoms with Gasteiger partial charge in [-0.1, -0.05) is 38.3 Å². The number of hydrogen-bond donors (Lipinski definition) is 1. The minimum absolute atomic E-state index is 0.0446. The van der Waals surface area contributed by atoms with Gasteiger partial charge in [0.15, 0.2) is 6.29 Å². The van der Waals surface area contributed by atoms with Crippen LogP contribution in [0.25, 0.3) is 0 Å². The highest BCUT2D eigenvalue weighted by Gasteiger charge is 2.33. The summed E-state index contributed by atoms with van der Waals surface area (Å²) in [5, 5.41) is 10.4. The Bertz CT molecular complexity index is 764. The average Bonchev–Trinajstić information content (AvgIpc) is 3.35. The fraction of sp³-hybridized carbons (Fsp3) is 0.522. The Morgan fingerprint density at radius 3 is 2.76 bits per heavy atom. The van der Waals surface area contributed by atoms with E-state index in [0.29, 0.717) is 13.2 Å². The molecule has 1 aliphatic heterocycles. The Labute approximate surface area is 182 Å². The number of ether oxygens (including phenoxy) is 1. The van der Waals surface area contributed by atoms with E-state index in [2.05, 4.69) is 24.0 Å². The number of aldehydes is 1. The molecule has 1 N–H and O–H groups in total. The zero-order valence-electron chi connectivity index (χ0n) is 16.9. The van der Waals surface area contributed by atoms with Crippen molar-refractivity contribution >= 4 is 34.9 Å². The number of nitrogens with zero attached hydrogens (tertiary/aromatic N) is 1. The molecular formula is C23H30ClNO3S. The number of hydrogen-bond acceptors (Lipinski definition) is 5. The number of unbranched alkanes of at least 4 members (excludes halogenated alkanes) is 2. The van der Waals surface area contributed by atoms with Gasteiger partial charge in [-0.2, -0.15) is 0 Å². The molecule has 6 heteroatoms. The van der Waals surface area contributed by atoms with Crippen molar-refractivity contribution in [2.75, 3.05) is 18.1 Å². The average molecular weight is 436 g/mol. The third-order valence-corrected chi connectivity index (χ3v) is 6.98. The van der Waals surface area contributed by atoms with Gasteiger partial charge >= 0.3 is 0 Å². The molecule has 3 rings (SSSR count). The van der Waals surface area contributed by atoms with Crippen LogP contribution in [0.3, 0.4) is 0 Å². The second-order valence-electron chi connectivity index (χ2n) is 7.61. The van der Waals surface area contributed by atoms with E-state index in [9.17, 15) is 9.90 Å². The number of thiophene rings is 1. The number of anilines is 1. The van der Waals surface area contributed by atoms with Crippen LogP contribution in [0.15, 0.2) is 36.4 Å². The normalized spacial score (nSPS) is 20.2. The van der Waals surface area contributed by atoms with Gasteiger partial charge in [0.1, 0.15) is 0 Å². The molecule has 1 aromatic heterocycles. The van der Waals surface area contributed by atoms with Gasteiger partial charge in [-0.3, -0.25) is 4.79 Å². The molecule has 1 aliphatic rings. The van der Waals surface area contributed by atoms with Crippen LogP contribution in [0.5, 0.6) is 0 Å². The molecule has 1 saturated heterocycles. The minimum Gasteiger partial charge on any atom is -0.388 e. The third kappa shape index (κ3) is 6.05. The zero-order chi connectivity index (χ0) is 20.6. The molecule has 1 fully saturated rings. The van der Waals surface area contributed by atoms with Crippen molar-refractivity contribution in [2.24, 2.45) is 0 Å². The van der Waals surface area contributed by atoms with Gasteiger partial charge in [0, 0.05) is 17.1 Å². The number of halogens is 1. The van der Waals surface area contributed by atoms with Gasteiger partial charge in [-0.25, -0.2) is 0 Å². The lowest BCUT2D eigenvalue weighted by atomic mass is 10.0. The molecule has 158 valence electrons. The number of benzene rings is 1. The van der Waals surface area contributed by atoms with E-state index in [0.717, 1.165) is 65.9 Å². The van der Waals surface area contributed by atoms with E-state index < -0.39 is 6.10 Å². The van der Waals surface area contributed by atoms with E-state index in [-0.39, 0.29) is 11.4 Å². The summed E-state index contributed by atoms with van der Waals surface area (Å²) >= 11 is 8.04. The van der Waals surface area contributed by atoms with Crippen LogP contribution in [-0.4, -0.2) is 36.0 Å². The van der Waals surface area contributed by atoms with E-state index in [1.165, 1.54) is 11.3 Å². The maximum absolute atomic E-state index is 10.8. The van der Waals surface area contributed by atoms with Crippen molar-refractivity contribution in [1.82, 2.24) is 0 Å². The van der Waals surface area contributed by atoms with E-state index in [4.69, 9.17) is 16.3 Å². The molecule has 0 spiro atoms. The summed E-state index contributed by atoms with van der Waals surface area (Å²) in [5.74, 6) is 0. The summed E-state index contributed by atoms with van der Waals surface area (Å²) in [5.41, 5.74) is 2.09. The van der Waals surface area contributed by atoms with E-state index in [1.807, 2.05) is 24.3 Å². The van der Waals surface area contributed by atoms with Crippen molar-refractivity contribution in [2.45, 2.75) is 63.2 Å². The lowest BCUT2D eigenvalue weighted by Crippen LogP contribution is -2.37. The molecule has 1 aromatic carbocycles. The largest absolute Gasteiger partial charge is 0.388 e. The summed E-state index contributed by atoms with van der Waals surface area (Å²) in [6.07, 6.45) is 5.58. The maximum atomic E-state index is 10.8. The Morgan fingerprint density at radius 2 is 2.07 bits per heavy atom. The molecule has 0 aliphatic carbocycles. The SMILES string of the molecule is CCCCCC(O)c1ccc(N2CCC(Cl)[C@@H]2COCc2ccc(C=O)s2)cc1. The molecule has 29 heavy (non-hydrogen) atoms. The van der Waals surface area contributed by atoms with Crippen LogP contribution in [0.1, 0.15) is 65.2 Å². The minimum atomic E-state index is -0.392.